The number of hydrogen-bond donors (Lipinski definition) is 0. The van der Waals surface area contributed by atoms with Gasteiger partial charge in [-0.3, -0.25) is 4.79 Å². The van der Waals surface area contributed by atoms with Crippen LogP contribution in [-0.2, 0) is 9.53 Å². The van der Waals surface area contributed by atoms with E-state index in [-0.39, 0.29) is 5.41 Å². The highest BCUT2D eigenvalue weighted by atomic mass is 16.5. The molecule has 82 valence electrons. The van der Waals surface area contributed by atoms with Crippen molar-refractivity contribution in [2.75, 3.05) is 13.7 Å². The Morgan fingerprint density at radius 1 is 1.36 bits per heavy atom. The van der Waals surface area contributed by atoms with Crippen LogP contribution in [0.15, 0.2) is 0 Å². The Morgan fingerprint density at radius 2 is 2.00 bits per heavy atom. The molecule has 0 N–H and O–H groups in total. The lowest BCUT2D eigenvalue weighted by Gasteiger charge is -2.25. The summed E-state index contributed by atoms with van der Waals surface area (Å²) in [6.07, 6.45) is 7.34. The van der Waals surface area contributed by atoms with Crippen molar-refractivity contribution in [2.24, 2.45) is 5.41 Å². The van der Waals surface area contributed by atoms with E-state index in [0.717, 1.165) is 25.7 Å². The van der Waals surface area contributed by atoms with Gasteiger partial charge in [0.15, 0.2) is 0 Å². The normalized spacial score (nSPS) is 19.9. The third-order valence-corrected chi connectivity index (χ3v) is 3.58. The smallest absolute Gasteiger partial charge is 0.139 e. The zero-order valence-electron chi connectivity index (χ0n) is 9.47. The Hall–Kier alpha value is -0.370. The molecule has 14 heavy (non-hydrogen) atoms. The Kier molecular flexibility index (Phi) is 4.59. The minimum Gasteiger partial charge on any atom is -0.385 e. The molecule has 0 saturated heterocycles. The fraction of sp³-hybridized carbons (Fsp3) is 0.917. The van der Waals surface area contributed by atoms with E-state index in [0.29, 0.717) is 18.8 Å². The van der Waals surface area contributed by atoms with Gasteiger partial charge in [-0.15, -0.1) is 0 Å². The number of ether oxygens (including phenoxy) is 1. The Labute approximate surface area is 87.0 Å². The minimum absolute atomic E-state index is 0.0493. The average Bonchev–Trinajstić information content (AvgIpc) is 2.67. The third-order valence-electron chi connectivity index (χ3n) is 3.58. The van der Waals surface area contributed by atoms with E-state index in [1.165, 1.54) is 12.8 Å². The van der Waals surface area contributed by atoms with Crippen molar-refractivity contribution in [3.8, 4) is 0 Å². The van der Waals surface area contributed by atoms with Gasteiger partial charge in [-0.2, -0.15) is 0 Å². The molecule has 2 heteroatoms. The number of Topliss-reactive ketones (excluding diaryl/α,β-unsaturated/α-hetero) is 1. The van der Waals surface area contributed by atoms with Gasteiger partial charge < -0.3 is 4.74 Å². The molecule has 2 nitrogen and oxygen atoms in total. The molecule has 1 saturated carbocycles. The summed E-state index contributed by atoms with van der Waals surface area (Å²) in [6, 6.07) is 0. The predicted molar refractivity (Wildman–Crippen MR) is 57.3 cm³/mol. The molecule has 1 fully saturated rings. The molecule has 0 atom stereocenters. The summed E-state index contributed by atoms with van der Waals surface area (Å²) in [4.78, 5) is 12.0. The van der Waals surface area contributed by atoms with Crippen LogP contribution in [0, 0.1) is 5.41 Å². The van der Waals surface area contributed by atoms with Crippen LogP contribution >= 0.6 is 0 Å². The van der Waals surface area contributed by atoms with Crippen molar-refractivity contribution in [3.63, 3.8) is 0 Å². The van der Waals surface area contributed by atoms with Crippen LogP contribution in [0.5, 0.6) is 0 Å². The van der Waals surface area contributed by atoms with Gasteiger partial charge in [0.2, 0.25) is 0 Å². The van der Waals surface area contributed by atoms with Crippen LogP contribution < -0.4 is 0 Å². The summed E-state index contributed by atoms with van der Waals surface area (Å²) < 4.78 is 4.97. The molecule has 0 amide bonds. The van der Waals surface area contributed by atoms with Gasteiger partial charge in [0.25, 0.3) is 0 Å². The van der Waals surface area contributed by atoms with Crippen LogP contribution in [0.25, 0.3) is 0 Å². The first-order valence-electron chi connectivity index (χ1n) is 5.77. The highest BCUT2D eigenvalue weighted by Crippen LogP contribution is 2.42. The van der Waals surface area contributed by atoms with Gasteiger partial charge in [0.1, 0.15) is 5.78 Å². The molecular weight excluding hydrogens is 176 g/mol. The molecule has 0 radical (unpaired) electrons. The summed E-state index contributed by atoms with van der Waals surface area (Å²) in [7, 11) is 1.69. The quantitative estimate of drug-likeness (QED) is 0.613. The van der Waals surface area contributed by atoms with Crippen molar-refractivity contribution in [2.45, 2.75) is 51.9 Å². The molecule has 0 aromatic rings. The standard InChI is InChI=1S/C12H22O2/c1-3-12(8-4-5-9-12)11(13)7-6-10-14-2/h3-10H2,1-2H3. The van der Waals surface area contributed by atoms with Crippen LogP contribution in [0.2, 0.25) is 0 Å². The Balaban J connectivity index is 2.40. The monoisotopic (exact) mass is 198 g/mol. The van der Waals surface area contributed by atoms with E-state index >= 15 is 0 Å². The number of carbonyl (C=O) groups excluding carboxylic acids is 1. The second-order valence-electron chi connectivity index (χ2n) is 4.36. The predicted octanol–water partition coefficient (Wildman–Crippen LogP) is 2.95. The molecular formula is C12H22O2. The lowest BCUT2D eigenvalue weighted by atomic mass is 9.77. The zero-order chi connectivity index (χ0) is 10.4. The van der Waals surface area contributed by atoms with E-state index in [1.807, 2.05) is 0 Å². The van der Waals surface area contributed by atoms with Gasteiger partial charge >= 0.3 is 0 Å². The van der Waals surface area contributed by atoms with E-state index in [4.69, 9.17) is 4.74 Å². The second-order valence-corrected chi connectivity index (χ2v) is 4.36. The molecule has 1 aliphatic rings. The molecule has 0 unspecified atom stereocenters. The fourth-order valence-electron chi connectivity index (χ4n) is 2.52. The van der Waals surface area contributed by atoms with Gasteiger partial charge in [-0.1, -0.05) is 19.8 Å². The summed E-state index contributed by atoms with van der Waals surface area (Å²) in [5.74, 6) is 0.481. The lowest BCUT2D eigenvalue weighted by Crippen LogP contribution is -2.27. The van der Waals surface area contributed by atoms with Crippen LogP contribution in [-0.4, -0.2) is 19.5 Å². The molecule has 0 aromatic carbocycles. The summed E-state index contributed by atoms with van der Waals surface area (Å²) in [5, 5.41) is 0. The van der Waals surface area contributed by atoms with E-state index in [9.17, 15) is 4.79 Å². The molecule has 1 rings (SSSR count). The van der Waals surface area contributed by atoms with Crippen LogP contribution in [0.3, 0.4) is 0 Å². The number of rotatable bonds is 6. The fourth-order valence-corrected chi connectivity index (χ4v) is 2.52. The largest absolute Gasteiger partial charge is 0.385 e. The maximum absolute atomic E-state index is 12.0. The molecule has 0 bridgehead atoms. The number of ketones is 1. The average molecular weight is 198 g/mol. The molecule has 0 aromatic heterocycles. The SMILES string of the molecule is CCC1(C(=O)CCCOC)CCCC1. The summed E-state index contributed by atoms with van der Waals surface area (Å²) in [6.45, 7) is 2.87. The molecule has 0 aliphatic heterocycles. The van der Waals surface area contributed by atoms with Crippen molar-refractivity contribution < 1.29 is 9.53 Å². The van der Waals surface area contributed by atoms with Gasteiger partial charge in [-0.25, -0.2) is 0 Å². The Morgan fingerprint density at radius 3 is 2.50 bits per heavy atom. The van der Waals surface area contributed by atoms with E-state index in [2.05, 4.69) is 6.92 Å². The van der Waals surface area contributed by atoms with Crippen LogP contribution in [0.4, 0.5) is 0 Å². The molecule has 1 aliphatic carbocycles. The zero-order valence-corrected chi connectivity index (χ0v) is 9.47. The van der Waals surface area contributed by atoms with Gasteiger partial charge in [-0.05, 0) is 25.7 Å². The highest BCUT2D eigenvalue weighted by Gasteiger charge is 2.38. The topological polar surface area (TPSA) is 26.3 Å². The first-order valence-corrected chi connectivity index (χ1v) is 5.77. The van der Waals surface area contributed by atoms with Gasteiger partial charge in [0, 0.05) is 25.6 Å². The van der Waals surface area contributed by atoms with Crippen LogP contribution in [0.1, 0.15) is 51.9 Å². The van der Waals surface area contributed by atoms with E-state index in [1.54, 1.807) is 7.11 Å². The third kappa shape index (κ3) is 2.57. The van der Waals surface area contributed by atoms with Gasteiger partial charge in [0.05, 0.1) is 0 Å². The number of carbonyl (C=O) groups is 1. The van der Waals surface area contributed by atoms with E-state index < -0.39 is 0 Å². The number of hydrogen-bond acceptors (Lipinski definition) is 2. The molecule has 0 heterocycles. The van der Waals surface area contributed by atoms with Crippen molar-refractivity contribution in [1.29, 1.82) is 0 Å². The first-order chi connectivity index (χ1) is 6.75. The minimum atomic E-state index is 0.0493. The molecule has 0 spiro atoms. The van der Waals surface area contributed by atoms with Crippen molar-refractivity contribution in [3.05, 3.63) is 0 Å². The maximum atomic E-state index is 12.0. The highest BCUT2D eigenvalue weighted by molar-refractivity contribution is 5.85. The Bertz CT molecular complexity index is 181. The summed E-state index contributed by atoms with van der Waals surface area (Å²) in [5.41, 5.74) is 0.0493. The first kappa shape index (κ1) is 11.7. The number of methoxy groups -OCH3 is 1. The second kappa shape index (κ2) is 5.50. The lowest BCUT2D eigenvalue weighted by molar-refractivity contribution is -0.129. The maximum Gasteiger partial charge on any atom is 0.139 e. The van der Waals surface area contributed by atoms with Crippen molar-refractivity contribution in [1.82, 2.24) is 0 Å². The summed E-state index contributed by atoms with van der Waals surface area (Å²) >= 11 is 0. The van der Waals surface area contributed by atoms with Crippen molar-refractivity contribution >= 4 is 5.78 Å².